The van der Waals surface area contributed by atoms with E-state index in [1.807, 2.05) is 12.1 Å². The number of fused-ring (bicyclic) bond motifs is 3. The molecule has 2 N–H and O–H groups in total. The van der Waals surface area contributed by atoms with Crippen molar-refractivity contribution in [3.63, 3.8) is 0 Å². The maximum atomic E-state index is 14.8. The van der Waals surface area contributed by atoms with E-state index in [4.69, 9.17) is 4.74 Å². The maximum absolute atomic E-state index is 14.8. The van der Waals surface area contributed by atoms with Crippen LogP contribution in [0.3, 0.4) is 0 Å². The number of hydrogen-bond donors (Lipinski definition) is 2. The van der Waals surface area contributed by atoms with Crippen LogP contribution < -0.4 is 10.6 Å². The molecule has 2 aliphatic heterocycles. The number of carbonyl (C=O) groups excluding carboxylic acids is 2. The van der Waals surface area contributed by atoms with Gasteiger partial charge in [-0.15, -0.1) is 0 Å². The quantitative estimate of drug-likeness (QED) is 0.728. The summed E-state index contributed by atoms with van der Waals surface area (Å²) in [6.07, 6.45) is 3.22. The van der Waals surface area contributed by atoms with Crippen molar-refractivity contribution >= 4 is 11.9 Å². The second kappa shape index (κ2) is 7.78. The molecular formula is C24H22FN3O3. The van der Waals surface area contributed by atoms with Crippen LogP contribution in [0.25, 0.3) is 11.1 Å². The van der Waals surface area contributed by atoms with Gasteiger partial charge in [-0.1, -0.05) is 24.3 Å². The maximum Gasteiger partial charge on any atom is 0.338 e. The standard InChI is InChI=1S/C24H22FN3O3/c25-21-10-14(13-2-4-17-12-31-24(30)20(17)9-13)1-3-15(21)7-19(11-26)28-23(29)22-16-5-6-18(8-16)27-22/h1-4,9-10,16,18-19,22,27H,5-8,12H2,(H,28,29). The summed E-state index contributed by atoms with van der Waals surface area (Å²) >= 11 is 0. The molecule has 3 aliphatic rings. The average molecular weight is 419 g/mol. The predicted octanol–water partition coefficient (Wildman–Crippen LogP) is 2.85. The molecule has 7 heteroatoms. The first-order valence-corrected chi connectivity index (χ1v) is 10.6. The van der Waals surface area contributed by atoms with Gasteiger partial charge in [0.15, 0.2) is 0 Å². The van der Waals surface area contributed by atoms with E-state index >= 15 is 0 Å². The molecular weight excluding hydrogens is 397 g/mol. The first kappa shape index (κ1) is 19.7. The van der Waals surface area contributed by atoms with Gasteiger partial charge in [-0.2, -0.15) is 5.26 Å². The molecule has 1 saturated carbocycles. The molecule has 4 unspecified atom stereocenters. The van der Waals surface area contributed by atoms with Crippen molar-refractivity contribution in [1.82, 2.24) is 10.6 Å². The van der Waals surface area contributed by atoms with Crippen molar-refractivity contribution in [2.45, 2.75) is 50.4 Å². The lowest BCUT2D eigenvalue weighted by Gasteiger charge is -2.23. The molecule has 2 bridgehead atoms. The average Bonchev–Trinajstić information content (AvgIpc) is 3.50. The number of nitrogens with zero attached hydrogens (tertiary/aromatic N) is 1. The van der Waals surface area contributed by atoms with Crippen LogP contribution in [0.2, 0.25) is 0 Å². The molecule has 2 fully saturated rings. The number of benzene rings is 2. The number of nitrogens with one attached hydrogen (secondary N) is 2. The van der Waals surface area contributed by atoms with E-state index in [2.05, 4.69) is 16.7 Å². The molecule has 4 atom stereocenters. The van der Waals surface area contributed by atoms with Crippen LogP contribution in [0.4, 0.5) is 4.39 Å². The molecule has 5 rings (SSSR count). The van der Waals surface area contributed by atoms with Gasteiger partial charge in [-0.25, -0.2) is 9.18 Å². The first-order chi connectivity index (χ1) is 15.0. The van der Waals surface area contributed by atoms with Crippen molar-refractivity contribution in [2.75, 3.05) is 0 Å². The number of nitriles is 1. The van der Waals surface area contributed by atoms with Crippen LogP contribution in [0.1, 0.15) is 40.7 Å². The smallest absolute Gasteiger partial charge is 0.338 e. The molecule has 158 valence electrons. The Morgan fingerprint density at radius 3 is 2.77 bits per heavy atom. The van der Waals surface area contributed by atoms with Crippen molar-refractivity contribution in [3.8, 4) is 17.2 Å². The molecule has 2 aromatic carbocycles. The minimum atomic E-state index is -0.802. The fraction of sp³-hybridized carbons (Fsp3) is 0.375. The monoisotopic (exact) mass is 419 g/mol. The lowest BCUT2D eigenvalue weighted by molar-refractivity contribution is -0.124. The number of rotatable bonds is 5. The number of cyclic esters (lactones) is 1. The zero-order valence-corrected chi connectivity index (χ0v) is 16.9. The van der Waals surface area contributed by atoms with E-state index in [0.717, 1.165) is 30.4 Å². The van der Waals surface area contributed by atoms with Gasteiger partial charge in [0.2, 0.25) is 5.91 Å². The molecule has 0 aromatic heterocycles. The van der Waals surface area contributed by atoms with E-state index < -0.39 is 11.9 Å². The highest BCUT2D eigenvalue weighted by molar-refractivity contribution is 5.94. The Hall–Kier alpha value is -3.24. The van der Waals surface area contributed by atoms with E-state index in [1.54, 1.807) is 18.2 Å². The Morgan fingerprint density at radius 2 is 2.06 bits per heavy atom. The molecule has 6 nitrogen and oxygen atoms in total. The summed E-state index contributed by atoms with van der Waals surface area (Å²) in [6, 6.07) is 11.5. The zero-order valence-electron chi connectivity index (χ0n) is 16.9. The minimum Gasteiger partial charge on any atom is -0.457 e. The Bertz CT molecular complexity index is 1110. The highest BCUT2D eigenvalue weighted by Gasteiger charge is 2.43. The molecule has 2 heterocycles. The SMILES string of the molecule is N#CC(Cc1ccc(-c2ccc3c(c2)C(=O)OC3)cc1F)NC(=O)C1NC2CCC1C2. The number of halogens is 1. The Kier molecular flexibility index (Phi) is 4.95. The number of piperidine rings is 1. The zero-order chi connectivity index (χ0) is 21.5. The van der Waals surface area contributed by atoms with Crippen LogP contribution >= 0.6 is 0 Å². The van der Waals surface area contributed by atoms with Gasteiger partial charge >= 0.3 is 5.97 Å². The van der Waals surface area contributed by atoms with Crippen LogP contribution in [-0.4, -0.2) is 30.0 Å². The second-order valence-electron chi connectivity index (χ2n) is 8.56. The third kappa shape index (κ3) is 3.68. The molecule has 1 saturated heterocycles. The molecule has 1 amide bonds. The molecule has 31 heavy (non-hydrogen) atoms. The first-order valence-electron chi connectivity index (χ1n) is 10.6. The summed E-state index contributed by atoms with van der Waals surface area (Å²) in [4.78, 5) is 24.4. The molecule has 2 aromatic rings. The van der Waals surface area contributed by atoms with Crippen LogP contribution in [0.5, 0.6) is 0 Å². The van der Waals surface area contributed by atoms with E-state index in [9.17, 15) is 19.2 Å². The Morgan fingerprint density at radius 1 is 1.26 bits per heavy atom. The normalized spacial score (nSPS) is 24.4. The van der Waals surface area contributed by atoms with Crippen molar-refractivity contribution in [3.05, 3.63) is 58.9 Å². The third-order valence-corrected chi connectivity index (χ3v) is 6.61. The number of carbonyl (C=O) groups is 2. The van der Waals surface area contributed by atoms with Gasteiger partial charge < -0.3 is 15.4 Å². The lowest BCUT2D eigenvalue weighted by Crippen LogP contribution is -2.50. The van der Waals surface area contributed by atoms with Crippen molar-refractivity contribution in [2.24, 2.45) is 5.92 Å². The van der Waals surface area contributed by atoms with Crippen molar-refractivity contribution < 1.29 is 18.7 Å². The summed E-state index contributed by atoms with van der Waals surface area (Å²) in [7, 11) is 0. The highest BCUT2D eigenvalue weighted by atomic mass is 19.1. The van der Waals surface area contributed by atoms with E-state index in [1.165, 1.54) is 6.07 Å². The van der Waals surface area contributed by atoms with Gasteiger partial charge in [0.1, 0.15) is 18.5 Å². The lowest BCUT2D eigenvalue weighted by atomic mass is 9.97. The molecule has 0 radical (unpaired) electrons. The molecule has 0 spiro atoms. The third-order valence-electron chi connectivity index (χ3n) is 6.61. The van der Waals surface area contributed by atoms with Gasteiger partial charge in [-0.05, 0) is 54.0 Å². The number of esters is 1. The van der Waals surface area contributed by atoms with Gasteiger partial charge in [0, 0.05) is 18.0 Å². The fourth-order valence-corrected chi connectivity index (χ4v) is 4.95. The topological polar surface area (TPSA) is 91.2 Å². The summed E-state index contributed by atoms with van der Waals surface area (Å²) in [6.45, 7) is 0.265. The largest absolute Gasteiger partial charge is 0.457 e. The molecule has 1 aliphatic carbocycles. The van der Waals surface area contributed by atoms with E-state index in [0.29, 0.717) is 28.7 Å². The summed E-state index contributed by atoms with van der Waals surface area (Å²) in [5.74, 6) is -0.676. The number of amides is 1. The Balaban J connectivity index is 1.28. The predicted molar refractivity (Wildman–Crippen MR) is 110 cm³/mol. The number of ether oxygens (including phenoxy) is 1. The highest BCUT2D eigenvalue weighted by Crippen LogP contribution is 2.35. The minimum absolute atomic E-state index is 0.0890. The Labute approximate surface area is 179 Å². The summed E-state index contributed by atoms with van der Waals surface area (Å²) in [5.41, 5.74) is 3.03. The van der Waals surface area contributed by atoms with Gasteiger partial charge in [0.25, 0.3) is 0 Å². The second-order valence-corrected chi connectivity index (χ2v) is 8.56. The summed E-state index contributed by atoms with van der Waals surface area (Å²) in [5, 5.41) is 15.6. The fourth-order valence-electron chi connectivity index (χ4n) is 4.95. The van der Waals surface area contributed by atoms with Crippen LogP contribution in [0, 0.1) is 23.1 Å². The van der Waals surface area contributed by atoms with Crippen LogP contribution in [0.15, 0.2) is 36.4 Å². The van der Waals surface area contributed by atoms with Crippen LogP contribution in [-0.2, 0) is 22.6 Å². The number of hydrogen-bond acceptors (Lipinski definition) is 5. The summed E-state index contributed by atoms with van der Waals surface area (Å²) < 4.78 is 19.8. The van der Waals surface area contributed by atoms with Gasteiger partial charge in [-0.3, -0.25) is 4.79 Å². The van der Waals surface area contributed by atoms with E-state index in [-0.39, 0.29) is 30.9 Å². The van der Waals surface area contributed by atoms with Crippen molar-refractivity contribution in [1.29, 1.82) is 5.26 Å². The van der Waals surface area contributed by atoms with Gasteiger partial charge in [0.05, 0.1) is 17.7 Å².